The van der Waals surface area contributed by atoms with Gasteiger partial charge < -0.3 is 19.7 Å². The number of aliphatic hydroxyl groups excluding tert-OH is 1. The van der Waals surface area contributed by atoms with Crippen molar-refractivity contribution in [2.24, 2.45) is 5.92 Å². The van der Waals surface area contributed by atoms with Crippen molar-refractivity contribution in [3.8, 4) is 11.6 Å². The van der Waals surface area contributed by atoms with E-state index in [0.29, 0.717) is 24.3 Å². The second kappa shape index (κ2) is 7.86. The van der Waals surface area contributed by atoms with E-state index in [9.17, 15) is 9.90 Å². The van der Waals surface area contributed by atoms with Crippen LogP contribution in [0.3, 0.4) is 0 Å². The largest absolute Gasteiger partial charge is 0.481 e. The number of benzene rings is 1. The van der Waals surface area contributed by atoms with Crippen LogP contribution in [0.2, 0.25) is 0 Å². The Morgan fingerprint density at radius 2 is 1.89 bits per heavy atom. The minimum absolute atomic E-state index is 0.138. The normalized spacial score (nSPS) is 19.5. The minimum atomic E-state index is -0.295. The van der Waals surface area contributed by atoms with Crippen molar-refractivity contribution < 1.29 is 14.6 Å². The number of nitrogens with one attached hydrogen (secondary N) is 1. The average molecular weight is 377 g/mol. The Bertz CT molecular complexity index is 915. The second-order valence-electron chi connectivity index (χ2n) is 7.11. The lowest BCUT2D eigenvalue weighted by Gasteiger charge is -2.38. The number of aliphatic hydroxyl groups is 1. The number of ether oxygens (including phenoxy) is 1. The van der Waals surface area contributed by atoms with Crippen LogP contribution >= 0.6 is 0 Å². The summed E-state index contributed by atoms with van der Waals surface area (Å²) in [5.74, 6) is 0.581. The molecule has 2 heterocycles. The topological polar surface area (TPSA) is 76.4 Å². The fraction of sp³-hybridized carbons (Fsp3) is 0.273. The number of amides is 1. The maximum absolute atomic E-state index is 12.8. The molecule has 2 N–H and O–H groups in total. The SMILES string of the molecule is COc1ccc([C@@H](NC(=O)c2ccc(-n3cccc3)cc2)C2CC(O)C2)cn1. The number of hydrogen-bond donors (Lipinski definition) is 2. The third kappa shape index (κ3) is 3.77. The van der Waals surface area contributed by atoms with Crippen LogP contribution in [0.4, 0.5) is 0 Å². The van der Waals surface area contributed by atoms with Gasteiger partial charge in [0, 0.05) is 35.9 Å². The predicted octanol–water partition coefficient (Wildman–Crippen LogP) is 3.12. The summed E-state index contributed by atoms with van der Waals surface area (Å²) in [7, 11) is 1.57. The summed E-state index contributed by atoms with van der Waals surface area (Å²) in [6.07, 6.45) is 6.70. The molecule has 144 valence electrons. The van der Waals surface area contributed by atoms with Gasteiger partial charge in [-0.1, -0.05) is 6.07 Å². The van der Waals surface area contributed by atoms with E-state index in [4.69, 9.17) is 4.74 Å². The van der Waals surface area contributed by atoms with Gasteiger partial charge >= 0.3 is 0 Å². The van der Waals surface area contributed by atoms with E-state index in [-0.39, 0.29) is 24.0 Å². The Balaban J connectivity index is 1.51. The molecule has 1 fully saturated rings. The molecule has 1 amide bonds. The molecule has 6 heteroatoms. The van der Waals surface area contributed by atoms with Crippen LogP contribution in [0.5, 0.6) is 5.88 Å². The zero-order chi connectivity index (χ0) is 19.5. The lowest BCUT2D eigenvalue weighted by molar-refractivity contribution is 0.0234. The van der Waals surface area contributed by atoms with E-state index in [2.05, 4.69) is 10.3 Å². The van der Waals surface area contributed by atoms with Gasteiger partial charge in [-0.25, -0.2) is 4.98 Å². The highest BCUT2D eigenvalue weighted by Gasteiger charge is 2.36. The third-order valence-electron chi connectivity index (χ3n) is 5.27. The van der Waals surface area contributed by atoms with E-state index in [1.807, 2.05) is 59.4 Å². The van der Waals surface area contributed by atoms with Crippen molar-refractivity contribution in [1.29, 1.82) is 0 Å². The van der Waals surface area contributed by atoms with Crippen molar-refractivity contribution in [2.45, 2.75) is 25.0 Å². The number of carbonyl (C=O) groups is 1. The summed E-state index contributed by atoms with van der Waals surface area (Å²) in [5, 5.41) is 12.8. The van der Waals surface area contributed by atoms with Crippen LogP contribution in [-0.4, -0.2) is 33.8 Å². The molecule has 0 aliphatic heterocycles. The van der Waals surface area contributed by atoms with E-state index in [1.54, 1.807) is 19.4 Å². The molecule has 6 nitrogen and oxygen atoms in total. The lowest BCUT2D eigenvalue weighted by Crippen LogP contribution is -2.41. The van der Waals surface area contributed by atoms with Gasteiger partial charge in [-0.15, -0.1) is 0 Å². The summed E-state index contributed by atoms with van der Waals surface area (Å²) < 4.78 is 7.11. The highest BCUT2D eigenvalue weighted by Crippen LogP contribution is 2.38. The number of rotatable bonds is 6. The van der Waals surface area contributed by atoms with E-state index >= 15 is 0 Å². The van der Waals surface area contributed by atoms with Crippen molar-refractivity contribution in [3.05, 3.63) is 78.2 Å². The monoisotopic (exact) mass is 377 g/mol. The van der Waals surface area contributed by atoms with Gasteiger partial charge in [0.25, 0.3) is 5.91 Å². The molecule has 1 aliphatic rings. The first-order valence-electron chi connectivity index (χ1n) is 9.36. The van der Waals surface area contributed by atoms with Crippen LogP contribution in [0.25, 0.3) is 5.69 Å². The quantitative estimate of drug-likeness (QED) is 0.692. The molecule has 1 saturated carbocycles. The zero-order valence-corrected chi connectivity index (χ0v) is 15.7. The average Bonchev–Trinajstić information content (AvgIpc) is 3.25. The molecule has 0 bridgehead atoms. The van der Waals surface area contributed by atoms with Crippen LogP contribution in [0.15, 0.2) is 67.1 Å². The standard InChI is InChI=1S/C22H23N3O3/c1-28-20-9-6-16(14-23-20)21(17-12-19(26)13-17)24-22(27)15-4-7-18(8-5-15)25-10-2-3-11-25/h2-11,14,17,19,21,26H,12-13H2,1H3,(H,24,27)/t17?,19?,21-/m1/s1. The highest BCUT2D eigenvalue weighted by molar-refractivity contribution is 5.94. The first kappa shape index (κ1) is 18.3. The Morgan fingerprint density at radius 1 is 1.18 bits per heavy atom. The first-order chi connectivity index (χ1) is 13.6. The Hall–Kier alpha value is -3.12. The van der Waals surface area contributed by atoms with Gasteiger partial charge in [0.1, 0.15) is 0 Å². The van der Waals surface area contributed by atoms with Crippen molar-refractivity contribution in [1.82, 2.24) is 14.9 Å². The lowest BCUT2D eigenvalue weighted by atomic mass is 9.75. The van der Waals surface area contributed by atoms with Gasteiger partial charge in [0.15, 0.2) is 0 Å². The molecule has 1 atom stereocenters. The van der Waals surface area contributed by atoms with E-state index < -0.39 is 0 Å². The summed E-state index contributed by atoms with van der Waals surface area (Å²) in [4.78, 5) is 17.1. The molecule has 3 aromatic rings. The zero-order valence-electron chi connectivity index (χ0n) is 15.7. The van der Waals surface area contributed by atoms with Crippen molar-refractivity contribution in [3.63, 3.8) is 0 Å². The Morgan fingerprint density at radius 3 is 2.46 bits per heavy atom. The fourth-order valence-corrected chi connectivity index (χ4v) is 3.59. The van der Waals surface area contributed by atoms with E-state index in [0.717, 1.165) is 11.3 Å². The maximum atomic E-state index is 12.8. The molecule has 0 spiro atoms. The van der Waals surface area contributed by atoms with Gasteiger partial charge in [0.05, 0.1) is 19.3 Å². The molecule has 0 saturated heterocycles. The number of hydrogen-bond acceptors (Lipinski definition) is 4. The number of methoxy groups -OCH3 is 1. The second-order valence-corrected chi connectivity index (χ2v) is 7.11. The fourth-order valence-electron chi connectivity index (χ4n) is 3.59. The molecular formula is C22H23N3O3. The number of nitrogens with zero attached hydrogens (tertiary/aromatic N) is 2. The van der Waals surface area contributed by atoms with Gasteiger partial charge in [-0.05, 0) is 60.7 Å². The highest BCUT2D eigenvalue weighted by atomic mass is 16.5. The molecule has 4 rings (SSSR count). The van der Waals surface area contributed by atoms with Crippen LogP contribution < -0.4 is 10.1 Å². The summed E-state index contributed by atoms with van der Waals surface area (Å²) >= 11 is 0. The Kier molecular flexibility index (Phi) is 5.12. The first-order valence-corrected chi connectivity index (χ1v) is 9.36. The molecule has 0 radical (unpaired) electrons. The number of aromatic nitrogens is 2. The van der Waals surface area contributed by atoms with Gasteiger partial charge in [-0.2, -0.15) is 0 Å². The van der Waals surface area contributed by atoms with Crippen LogP contribution in [0, 0.1) is 5.92 Å². The molecular weight excluding hydrogens is 354 g/mol. The van der Waals surface area contributed by atoms with Crippen molar-refractivity contribution >= 4 is 5.91 Å². The predicted molar refractivity (Wildman–Crippen MR) is 105 cm³/mol. The number of carbonyl (C=O) groups excluding carboxylic acids is 1. The van der Waals surface area contributed by atoms with Crippen LogP contribution in [-0.2, 0) is 0 Å². The summed E-state index contributed by atoms with van der Waals surface area (Å²) in [6, 6.07) is 14.9. The summed E-state index contributed by atoms with van der Waals surface area (Å²) in [6.45, 7) is 0. The Labute approximate surface area is 163 Å². The van der Waals surface area contributed by atoms with Gasteiger partial charge in [0.2, 0.25) is 5.88 Å². The summed E-state index contributed by atoms with van der Waals surface area (Å²) in [5.41, 5.74) is 2.51. The van der Waals surface area contributed by atoms with Crippen molar-refractivity contribution in [2.75, 3.05) is 7.11 Å². The number of pyridine rings is 1. The third-order valence-corrected chi connectivity index (χ3v) is 5.27. The smallest absolute Gasteiger partial charge is 0.251 e. The van der Waals surface area contributed by atoms with E-state index in [1.165, 1.54) is 0 Å². The molecule has 1 aromatic carbocycles. The minimum Gasteiger partial charge on any atom is -0.481 e. The maximum Gasteiger partial charge on any atom is 0.251 e. The molecule has 2 aromatic heterocycles. The molecule has 0 unspecified atom stereocenters. The molecule has 28 heavy (non-hydrogen) atoms. The van der Waals surface area contributed by atoms with Gasteiger partial charge in [-0.3, -0.25) is 4.79 Å². The molecule has 1 aliphatic carbocycles. The van der Waals surface area contributed by atoms with Crippen LogP contribution in [0.1, 0.15) is 34.8 Å².